The van der Waals surface area contributed by atoms with Crippen molar-refractivity contribution < 1.29 is 4.52 Å². The molecule has 5 heteroatoms. The molecule has 0 fully saturated rings. The maximum Gasteiger partial charge on any atom is 0.258 e. The van der Waals surface area contributed by atoms with E-state index in [9.17, 15) is 0 Å². The van der Waals surface area contributed by atoms with Crippen molar-refractivity contribution in [3.63, 3.8) is 0 Å². The van der Waals surface area contributed by atoms with Gasteiger partial charge in [0, 0.05) is 24.5 Å². The molecular weight excluding hydrogens is 228 g/mol. The molecule has 0 atom stereocenters. The SMILES string of the molecule is Cn1cccc1-c1noc(-c2ccc(N)cc2)n1. The fraction of sp³-hybridized carbons (Fsp3) is 0.0769. The van der Waals surface area contributed by atoms with Gasteiger partial charge in [-0.15, -0.1) is 0 Å². The molecule has 18 heavy (non-hydrogen) atoms. The molecule has 2 N–H and O–H groups in total. The molecule has 0 spiro atoms. The lowest BCUT2D eigenvalue weighted by molar-refractivity contribution is 0.432. The standard InChI is InChI=1S/C13H12N4O/c1-17-8-2-3-11(17)12-15-13(18-16-12)9-4-6-10(14)7-5-9/h2-8H,14H2,1H3. The van der Waals surface area contributed by atoms with Crippen LogP contribution in [0.4, 0.5) is 5.69 Å². The Morgan fingerprint density at radius 1 is 1.17 bits per heavy atom. The van der Waals surface area contributed by atoms with Crippen molar-refractivity contribution in [2.75, 3.05) is 5.73 Å². The van der Waals surface area contributed by atoms with E-state index in [4.69, 9.17) is 10.3 Å². The van der Waals surface area contributed by atoms with E-state index in [2.05, 4.69) is 10.1 Å². The van der Waals surface area contributed by atoms with Crippen LogP contribution < -0.4 is 5.73 Å². The average molecular weight is 240 g/mol. The molecule has 0 aliphatic heterocycles. The first-order valence-corrected chi connectivity index (χ1v) is 5.55. The third-order valence-electron chi connectivity index (χ3n) is 2.76. The lowest BCUT2D eigenvalue weighted by atomic mass is 10.2. The summed E-state index contributed by atoms with van der Waals surface area (Å²) in [4.78, 5) is 4.37. The molecule has 0 amide bonds. The fourth-order valence-corrected chi connectivity index (χ4v) is 1.76. The first-order valence-electron chi connectivity index (χ1n) is 5.55. The molecule has 2 heterocycles. The zero-order chi connectivity index (χ0) is 12.5. The molecule has 1 aromatic carbocycles. The first-order chi connectivity index (χ1) is 8.74. The Morgan fingerprint density at radius 2 is 1.94 bits per heavy atom. The number of aryl methyl sites for hydroxylation is 1. The minimum atomic E-state index is 0.492. The number of nitrogens with zero attached hydrogens (tertiary/aromatic N) is 3. The van der Waals surface area contributed by atoms with E-state index in [0.717, 1.165) is 11.3 Å². The van der Waals surface area contributed by atoms with Crippen LogP contribution in [0.15, 0.2) is 47.1 Å². The Hall–Kier alpha value is -2.56. The summed E-state index contributed by atoms with van der Waals surface area (Å²) in [6.07, 6.45) is 1.94. The first kappa shape index (κ1) is 10.6. The van der Waals surface area contributed by atoms with Crippen LogP contribution in [0.3, 0.4) is 0 Å². The van der Waals surface area contributed by atoms with E-state index in [1.807, 2.05) is 54.2 Å². The molecule has 0 unspecified atom stereocenters. The summed E-state index contributed by atoms with van der Waals surface area (Å²) in [5, 5.41) is 3.98. The number of benzene rings is 1. The van der Waals surface area contributed by atoms with E-state index in [1.54, 1.807) is 0 Å². The van der Waals surface area contributed by atoms with Crippen LogP contribution in [0.1, 0.15) is 0 Å². The van der Waals surface area contributed by atoms with Crippen LogP contribution >= 0.6 is 0 Å². The van der Waals surface area contributed by atoms with Gasteiger partial charge >= 0.3 is 0 Å². The lowest BCUT2D eigenvalue weighted by Gasteiger charge is -1.95. The zero-order valence-electron chi connectivity index (χ0n) is 9.87. The monoisotopic (exact) mass is 240 g/mol. The second-order valence-corrected chi connectivity index (χ2v) is 4.05. The third-order valence-corrected chi connectivity index (χ3v) is 2.76. The Bertz CT molecular complexity index is 666. The highest BCUT2D eigenvalue weighted by Crippen LogP contribution is 2.22. The topological polar surface area (TPSA) is 69.9 Å². The molecule has 2 aromatic heterocycles. The van der Waals surface area contributed by atoms with Gasteiger partial charge in [-0.3, -0.25) is 0 Å². The molecule has 0 saturated heterocycles. The summed E-state index contributed by atoms with van der Waals surface area (Å²) in [6, 6.07) is 11.2. The van der Waals surface area contributed by atoms with Gasteiger partial charge in [0.2, 0.25) is 5.82 Å². The number of rotatable bonds is 2. The molecule has 0 radical (unpaired) electrons. The smallest absolute Gasteiger partial charge is 0.258 e. The van der Waals surface area contributed by atoms with Crippen LogP contribution in [0, 0.1) is 0 Å². The maximum atomic E-state index is 5.64. The van der Waals surface area contributed by atoms with Crippen LogP contribution in [0.25, 0.3) is 23.0 Å². The van der Waals surface area contributed by atoms with Crippen molar-refractivity contribution in [2.24, 2.45) is 7.05 Å². The number of aromatic nitrogens is 3. The van der Waals surface area contributed by atoms with Gasteiger partial charge < -0.3 is 14.8 Å². The second-order valence-electron chi connectivity index (χ2n) is 4.05. The molecule has 3 aromatic rings. The van der Waals surface area contributed by atoms with E-state index >= 15 is 0 Å². The van der Waals surface area contributed by atoms with Crippen molar-refractivity contribution in [1.29, 1.82) is 0 Å². The summed E-state index contributed by atoms with van der Waals surface area (Å²) in [5.74, 6) is 1.07. The molecule has 0 aliphatic rings. The molecule has 0 aliphatic carbocycles. The lowest BCUT2D eigenvalue weighted by Crippen LogP contribution is -1.90. The van der Waals surface area contributed by atoms with Gasteiger partial charge in [0.15, 0.2) is 0 Å². The number of hydrogen-bond donors (Lipinski definition) is 1. The summed E-state index contributed by atoms with van der Waals surface area (Å²) in [6.45, 7) is 0. The summed E-state index contributed by atoms with van der Waals surface area (Å²) >= 11 is 0. The maximum absolute atomic E-state index is 5.64. The van der Waals surface area contributed by atoms with Gasteiger partial charge in [-0.25, -0.2) is 0 Å². The number of hydrogen-bond acceptors (Lipinski definition) is 4. The van der Waals surface area contributed by atoms with Gasteiger partial charge in [-0.1, -0.05) is 5.16 Å². The van der Waals surface area contributed by atoms with Gasteiger partial charge in [0.05, 0.1) is 5.69 Å². The normalized spacial score (nSPS) is 10.7. The van der Waals surface area contributed by atoms with Gasteiger partial charge in [0.1, 0.15) is 0 Å². The Morgan fingerprint density at radius 3 is 2.61 bits per heavy atom. The van der Waals surface area contributed by atoms with Crippen LogP contribution in [0.2, 0.25) is 0 Å². The summed E-state index contributed by atoms with van der Waals surface area (Å²) in [5.41, 5.74) is 8.12. The molecule has 0 saturated carbocycles. The predicted molar refractivity (Wildman–Crippen MR) is 68.6 cm³/mol. The minimum Gasteiger partial charge on any atom is -0.399 e. The van der Waals surface area contributed by atoms with Crippen molar-refractivity contribution in [2.45, 2.75) is 0 Å². The van der Waals surface area contributed by atoms with Crippen molar-refractivity contribution in [3.05, 3.63) is 42.6 Å². The van der Waals surface area contributed by atoms with Crippen molar-refractivity contribution >= 4 is 5.69 Å². The highest BCUT2D eigenvalue weighted by atomic mass is 16.5. The van der Waals surface area contributed by atoms with E-state index in [-0.39, 0.29) is 0 Å². The summed E-state index contributed by atoms with van der Waals surface area (Å²) < 4.78 is 7.20. The van der Waals surface area contributed by atoms with Crippen LogP contribution in [-0.4, -0.2) is 14.7 Å². The Kier molecular flexibility index (Phi) is 2.37. The Labute approximate surface area is 104 Å². The minimum absolute atomic E-state index is 0.492. The predicted octanol–water partition coefficient (Wildman–Crippen LogP) is 2.32. The highest BCUT2D eigenvalue weighted by molar-refractivity contribution is 5.60. The van der Waals surface area contributed by atoms with Crippen LogP contribution in [-0.2, 0) is 7.05 Å². The number of anilines is 1. The quantitative estimate of drug-likeness (QED) is 0.698. The number of nitrogen functional groups attached to an aromatic ring is 1. The van der Waals surface area contributed by atoms with Gasteiger partial charge in [0.25, 0.3) is 5.89 Å². The average Bonchev–Trinajstić information content (AvgIpc) is 2.98. The van der Waals surface area contributed by atoms with E-state index in [1.165, 1.54) is 0 Å². The van der Waals surface area contributed by atoms with Crippen LogP contribution in [0.5, 0.6) is 0 Å². The number of nitrogens with two attached hydrogens (primary N) is 1. The third kappa shape index (κ3) is 1.75. The molecule has 3 rings (SSSR count). The molecule has 90 valence electrons. The fourth-order valence-electron chi connectivity index (χ4n) is 1.76. The van der Waals surface area contributed by atoms with Crippen molar-refractivity contribution in [3.8, 4) is 23.0 Å². The highest BCUT2D eigenvalue weighted by Gasteiger charge is 2.12. The molecule has 5 nitrogen and oxygen atoms in total. The Balaban J connectivity index is 1.99. The summed E-state index contributed by atoms with van der Waals surface area (Å²) in [7, 11) is 1.94. The van der Waals surface area contributed by atoms with Gasteiger partial charge in [-0.2, -0.15) is 4.98 Å². The molecular formula is C13H12N4O. The largest absolute Gasteiger partial charge is 0.399 e. The second kappa shape index (κ2) is 4.03. The van der Waals surface area contributed by atoms with Gasteiger partial charge in [-0.05, 0) is 36.4 Å². The molecule has 0 bridgehead atoms. The van der Waals surface area contributed by atoms with E-state index < -0.39 is 0 Å². The zero-order valence-corrected chi connectivity index (χ0v) is 9.87. The van der Waals surface area contributed by atoms with Crippen molar-refractivity contribution in [1.82, 2.24) is 14.7 Å². The van der Waals surface area contributed by atoms with E-state index in [0.29, 0.717) is 17.4 Å².